The third-order valence-corrected chi connectivity index (χ3v) is 6.18. The highest BCUT2D eigenvalue weighted by Gasteiger charge is 2.22. The van der Waals surface area contributed by atoms with Crippen LogP contribution in [-0.4, -0.2) is 6.61 Å². The van der Waals surface area contributed by atoms with E-state index in [-0.39, 0.29) is 0 Å². The molecule has 0 amide bonds. The van der Waals surface area contributed by atoms with Crippen molar-refractivity contribution in [1.82, 2.24) is 0 Å². The van der Waals surface area contributed by atoms with E-state index in [0.717, 1.165) is 24.2 Å². The maximum atomic E-state index is 5.63. The van der Waals surface area contributed by atoms with E-state index in [9.17, 15) is 0 Å². The van der Waals surface area contributed by atoms with Crippen molar-refractivity contribution in [3.8, 4) is 5.75 Å². The molecule has 0 bridgehead atoms. The van der Waals surface area contributed by atoms with Gasteiger partial charge in [-0.3, -0.25) is 0 Å². The van der Waals surface area contributed by atoms with Gasteiger partial charge in [0.2, 0.25) is 0 Å². The van der Waals surface area contributed by atoms with Crippen LogP contribution in [0.5, 0.6) is 5.75 Å². The maximum absolute atomic E-state index is 5.63. The normalized spacial score (nSPS) is 20.4. The van der Waals surface area contributed by atoms with Crippen molar-refractivity contribution in [3.05, 3.63) is 42.0 Å². The molecule has 0 heterocycles. The molecule has 1 aliphatic carbocycles. The summed E-state index contributed by atoms with van der Waals surface area (Å²) in [5.41, 5.74) is 1.54. The van der Waals surface area contributed by atoms with Gasteiger partial charge >= 0.3 is 0 Å². The second kappa shape index (κ2) is 10.00. The highest BCUT2D eigenvalue weighted by atomic mass is 16.5. The van der Waals surface area contributed by atoms with Crippen molar-refractivity contribution in [2.75, 3.05) is 6.61 Å². The summed E-state index contributed by atoms with van der Waals surface area (Å²) in [5.74, 6) is 2.73. The Kier molecular flexibility index (Phi) is 7.41. The van der Waals surface area contributed by atoms with Crippen molar-refractivity contribution in [2.45, 2.75) is 84.0 Å². The number of benzene rings is 2. The van der Waals surface area contributed by atoms with Gasteiger partial charge in [0.15, 0.2) is 0 Å². The zero-order valence-electron chi connectivity index (χ0n) is 16.8. The second-order valence-corrected chi connectivity index (χ2v) is 8.12. The van der Waals surface area contributed by atoms with Crippen LogP contribution in [0.4, 0.5) is 0 Å². The average molecular weight is 353 g/mol. The number of hydrogen-bond donors (Lipinski definition) is 0. The first-order valence-electron chi connectivity index (χ1n) is 11.0. The first-order valence-corrected chi connectivity index (χ1v) is 11.0. The minimum Gasteiger partial charge on any atom is -0.494 e. The molecule has 2 aromatic rings. The molecule has 1 heteroatoms. The van der Waals surface area contributed by atoms with E-state index in [0.29, 0.717) is 0 Å². The third-order valence-electron chi connectivity index (χ3n) is 6.18. The SMILES string of the molecule is CCCCCCC[C@H]1CC[C@H](c2ccc3cc(OCC)ccc3c2)CC1. The number of fused-ring (bicyclic) bond motifs is 1. The highest BCUT2D eigenvalue weighted by Crippen LogP contribution is 2.38. The first kappa shape index (κ1) is 19.3. The van der Waals surface area contributed by atoms with Crippen molar-refractivity contribution < 1.29 is 4.74 Å². The van der Waals surface area contributed by atoms with Crippen molar-refractivity contribution in [2.24, 2.45) is 5.92 Å². The highest BCUT2D eigenvalue weighted by molar-refractivity contribution is 5.84. The van der Waals surface area contributed by atoms with Gasteiger partial charge in [0.25, 0.3) is 0 Å². The summed E-state index contributed by atoms with van der Waals surface area (Å²) < 4.78 is 5.63. The zero-order valence-corrected chi connectivity index (χ0v) is 16.8. The van der Waals surface area contributed by atoms with Gasteiger partial charge in [-0.1, -0.05) is 69.7 Å². The summed E-state index contributed by atoms with van der Waals surface area (Å²) in [6, 6.07) is 13.5. The van der Waals surface area contributed by atoms with Crippen LogP contribution in [0.15, 0.2) is 36.4 Å². The van der Waals surface area contributed by atoms with Crippen molar-refractivity contribution in [1.29, 1.82) is 0 Å². The first-order chi connectivity index (χ1) is 12.8. The monoisotopic (exact) mass is 352 g/mol. The molecule has 0 radical (unpaired) electrons. The maximum Gasteiger partial charge on any atom is 0.119 e. The second-order valence-electron chi connectivity index (χ2n) is 8.12. The Hall–Kier alpha value is -1.50. The molecule has 1 fully saturated rings. The molecular formula is C25H36O. The average Bonchev–Trinajstić information content (AvgIpc) is 2.68. The summed E-state index contributed by atoms with van der Waals surface area (Å²) in [5, 5.41) is 2.64. The zero-order chi connectivity index (χ0) is 18.2. The molecule has 0 unspecified atom stereocenters. The fraction of sp³-hybridized carbons (Fsp3) is 0.600. The fourth-order valence-electron chi connectivity index (χ4n) is 4.57. The predicted molar refractivity (Wildman–Crippen MR) is 113 cm³/mol. The van der Waals surface area contributed by atoms with Crippen LogP contribution in [0.2, 0.25) is 0 Å². The van der Waals surface area contributed by atoms with E-state index in [1.54, 1.807) is 5.56 Å². The molecule has 0 aliphatic heterocycles. The number of unbranched alkanes of at least 4 members (excludes halogenated alkanes) is 4. The van der Waals surface area contributed by atoms with Gasteiger partial charge in [0, 0.05) is 0 Å². The Balaban J connectivity index is 1.51. The number of ether oxygens (including phenoxy) is 1. The summed E-state index contributed by atoms with van der Waals surface area (Å²) in [4.78, 5) is 0. The van der Waals surface area contributed by atoms with Gasteiger partial charge in [0.05, 0.1) is 6.61 Å². The van der Waals surface area contributed by atoms with E-state index < -0.39 is 0 Å². The van der Waals surface area contributed by atoms with Crippen LogP contribution in [0.25, 0.3) is 10.8 Å². The lowest BCUT2D eigenvalue weighted by molar-refractivity contribution is 0.302. The standard InChI is InChI=1S/C25H36O/c1-3-5-6-7-8-9-20-10-12-21(13-11-20)22-14-15-24-19-25(26-4-2)17-16-23(24)18-22/h14-21H,3-13H2,1-2H3/t20-,21-. The van der Waals surface area contributed by atoms with Gasteiger partial charge in [-0.25, -0.2) is 0 Å². The molecule has 1 saturated carbocycles. The molecule has 0 atom stereocenters. The summed E-state index contributed by atoms with van der Waals surface area (Å²) in [6.45, 7) is 5.06. The molecule has 0 aromatic heterocycles. The molecule has 3 rings (SSSR count). The molecule has 142 valence electrons. The lowest BCUT2D eigenvalue weighted by atomic mass is 9.77. The van der Waals surface area contributed by atoms with E-state index in [4.69, 9.17) is 4.74 Å². The molecule has 0 N–H and O–H groups in total. The summed E-state index contributed by atoms with van der Waals surface area (Å²) in [7, 11) is 0. The molecule has 1 nitrogen and oxygen atoms in total. The van der Waals surface area contributed by atoms with Crippen LogP contribution in [-0.2, 0) is 0 Å². The predicted octanol–water partition coefficient (Wildman–Crippen LogP) is 7.87. The third kappa shape index (κ3) is 5.25. The fourth-order valence-corrected chi connectivity index (χ4v) is 4.57. The van der Waals surface area contributed by atoms with Crippen LogP contribution in [0.1, 0.15) is 89.5 Å². The van der Waals surface area contributed by atoms with Crippen LogP contribution in [0, 0.1) is 5.92 Å². The molecule has 26 heavy (non-hydrogen) atoms. The molecule has 2 aromatic carbocycles. The quantitative estimate of drug-likeness (QED) is 0.417. The number of hydrogen-bond acceptors (Lipinski definition) is 1. The number of rotatable bonds is 9. The van der Waals surface area contributed by atoms with E-state index in [1.807, 2.05) is 6.92 Å². The van der Waals surface area contributed by atoms with Crippen LogP contribution < -0.4 is 4.74 Å². The summed E-state index contributed by atoms with van der Waals surface area (Å²) in [6.07, 6.45) is 14.2. The van der Waals surface area contributed by atoms with E-state index in [2.05, 4.69) is 43.3 Å². The van der Waals surface area contributed by atoms with Crippen molar-refractivity contribution >= 4 is 10.8 Å². The lowest BCUT2D eigenvalue weighted by Crippen LogP contribution is -2.13. The van der Waals surface area contributed by atoms with Crippen molar-refractivity contribution in [3.63, 3.8) is 0 Å². The van der Waals surface area contributed by atoms with Crippen LogP contribution in [0.3, 0.4) is 0 Å². The van der Waals surface area contributed by atoms with E-state index >= 15 is 0 Å². The minimum atomic E-state index is 0.728. The van der Waals surface area contributed by atoms with E-state index in [1.165, 1.54) is 75.0 Å². The molecule has 0 saturated heterocycles. The Bertz CT molecular complexity index is 667. The van der Waals surface area contributed by atoms with Gasteiger partial charge < -0.3 is 4.74 Å². The Labute approximate surface area is 160 Å². The Morgan fingerprint density at radius 3 is 2.31 bits per heavy atom. The molecule has 1 aliphatic rings. The topological polar surface area (TPSA) is 9.23 Å². The summed E-state index contributed by atoms with van der Waals surface area (Å²) >= 11 is 0. The van der Waals surface area contributed by atoms with Crippen LogP contribution >= 0.6 is 0 Å². The van der Waals surface area contributed by atoms with Gasteiger partial charge in [-0.2, -0.15) is 0 Å². The molecular weight excluding hydrogens is 316 g/mol. The molecule has 0 spiro atoms. The lowest BCUT2D eigenvalue weighted by Gasteiger charge is -2.29. The minimum absolute atomic E-state index is 0.728. The van der Waals surface area contributed by atoms with Gasteiger partial charge in [0.1, 0.15) is 5.75 Å². The van der Waals surface area contributed by atoms with Gasteiger partial charge in [-0.05, 0) is 72.9 Å². The largest absolute Gasteiger partial charge is 0.494 e. The smallest absolute Gasteiger partial charge is 0.119 e. The Morgan fingerprint density at radius 2 is 1.54 bits per heavy atom. The van der Waals surface area contributed by atoms with Gasteiger partial charge in [-0.15, -0.1) is 0 Å². The Morgan fingerprint density at radius 1 is 0.808 bits per heavy atom.